The number of hydrogen-bond donors (Lipinski definition) is 0. The molecule has 0 atom stereocenters. The Kier molecular flexibility index (Phi) is 1.11. The van der Waals surface area contributed by atoms with E-state index in [9.17, 15) is 0 Å². The van der Waals surface area contributed by atoms with Crippen molar-refractivity contribution in [1.82, 2.24) is 0 Å². The molecule has 1 fully saturated rings. The molecule has 2 aliphatic rings. The van der Waals surface area contributed by atoms with Crippen LogP contribution in [0.5, 0.6) is 11.5 Å². The first-order valence-electron chi connectivity index (χ1n) is 3.65. The number of fused-ring (bicyclic) bond motifs is 1. The van der Waals surface area contributed by atoms with Gasteiger partial charge >= 0.3 is 0 Å². The highest BCUT2D eigenvalue weighted by atomic mass is 17.4. The van der Waals surface area contributed by atoms with Crippen LogP contribution in [0.3, 0.4) is 0 Å². The molecule has 0 spiro atoms. The second-order valence-electron chi connectivity index (χ2n) is 2.64. The van der Waals surface area contributed by atoms with Crippen LogP contribution in [0, 0.1) is 0 Å². The third kappa shape index (κ3) is 0.855. The molecule has 4 nitrogen and oxygen atoms in total. The van der Waals surface area contributed by atoms with E-state index in [4.69, 9.17) is 9.47 Å². The van der Waals surface area contributed by atoms with E-state index in [1.54, 1.807) is 0 Å². The fraction of sp³-hybridized carbons (Fsp3) is 0.250. The molecule has 0 bridgehead atoms. The Morgan fingerprint density at radius 3 is 2.75 bits per heavy atom. The third-order valence-electron chi connectivity index (χ3n) is 1.86. The molecule has 2 aliphatic heterocycles. The molecular formula is C8H6O4. The Labute approximate surface area is 68.5 Å². The van der Waals surface area contributed by atoms with Gasteiger partial charge in [-0.3, -0.25) is 0 Å². The summed E-state index contributed by atoms with van der Waals surface area (Å²) in [6.45, 7) is 0.297. The van der Waals surface area contributed by atoms with Gasteiger partial charge in [-0.05, 0) is 18.2 Å². The van der Waals surface area contributed by atoms with Crippen LogP contribution in [0.1, 0.15) is 11.9 Å². The van der Waals surface area contributed by atoms with Crippen molar-refractivity contribution >= 4 is 0 Å². The summed E-state index contributed by atoms with van der Waals surface area (Å²) < 4.78 is 10.3. The quantitative estimate of drug-likeness (QED) is 0.467. The molecule has 3 rings (SSSR count). The van der Waals surface area contributed by atoms with Crippen molar-refractivity contribution in [3.63, 3.8) is 0 Å². The van der Waals surface area contributed by atoms with E-state index in [1.165, 1.54) is 0 Å². The van der Waals surface area contributed by atoms with Crippen LogP contribution in [-0.2, 0) is 9.78 Å². The molecule has 0 amide bonds. The van der Waals surface area contributed by atoms with E-state index in [2.05, 4.69) is 9.78 Å². The Hall–Kier alpha value is -1.26. The second kappa shape index (κ2) is 2.12. The van der Waals surface area contributed by atoms with Gasteiger partial charge in [0.15, 0.2) is 11.5 Å². The van der Waals surface area contributed by atoms with Crippen LogP contribution in [0.25, 0.3) is 0 Å². The van der Waals surface area contributed by atoms with Gasteiger partial charge in [0.1, 0.15) is 0 Å². The molecule has 0 aromatic heterocycles. The number of rotatable bonds is 1. The molecule has 12 heavy (non-hydrogen) atoms. The summed E-state index contributed by atoms with van der Waals surface area (Å²) in [5.74, 6) is 1.53. The van der Waals surface area contributed by atoms with Crippen molar-refractivity contribution in [3.8, 4) is 11.5 Å². The molecule has 0 aliphatic carbocycles. The molecule has 0 saturated carbocycles. The van der Waals surface area contributed by atoms with E-state index in [-0.39, 0.29) is 6.29 Å². The van der Waals surface area contributed by atoms with E-state index >= 15 is 0 Å². The van der Waals surface area contributed by atoms with E-state index in [0.717, 1.165) is 17.1 Å². The minimum atomic E-state index is -0.209. The topological polar surface area (TPSA) is 43.5 Å². The maximum Gasteiger partial charge on any atom is 0.249 e. The summed E-state index contributed by atoms with van der Waals surface area (Å²) in [5.41, 5.74) is 0.958. The average Bonchev–Trinajstić information content (AvgIpc) is 2.84. The minimum Gasteiger partial charge on any atom is -0.454 e. The summed E-state index contributed by atoms with van der Waals surface area (Å²) >= 11 is 0. The number of ether oxygens (including phenoxy) is 2. The van der Waals surface area contributed by atoms with E-state index in [0.29, 0.717) is 6.79 Å². The summed E-state index contributed by atoms with van der Waals surface area (Å²) in [6, 6.07) is 5.61. The van der Waals surface area contributed by atoms with Crippen LogP contribution in [0.2, 0.25) is 0 Å². The summed E-state index contributed by atoms with van der Waals surface area (Å²) in [6.07, 6.45) is -0.209. The predicted octanol–water partition coefficient (Wildman–Crippen LogP) is 1.38. The highest BCUT2D eigenvalue weighted by Crippen LogP contribution is 2.39. The Balaban J connectivity index is 2.03. The second-order valence-corrected chi connectivity index (χ2v) is 2.64. The first kappa shape index (κ1) is 6.28. The van der Waals surface area contributed by atoms with Gasteiger partial charge in [0, 0.05) is 5.56 Å². The van der Waals surface area contributed by atoms with Gasteiger partial charge in [-0.1, -0.05) is 0 Å². The smallest absolute Gasteiger partial charge is 0.249 e. The van der Waals surface area contributed by atoms with Crippen molar-refractivity contribution in [3.05, 3.63) is 23.8 Å². The fourth-order valence-corrected chi connectivity index (χ4v) is 1.20. The fourth-order valence-electron chi connectivity index (χ4n) is 1.20. The lowest BCUT2D eigenvalue weighted by molar-refractivity contribution is 0.0850. The van der Waals surface area contributed by atoms with Crippen LogP contribution in [0.4, 0.5) is 0 Å². The normalized spacial score (nSPS) is 19.7. The summed E-state index contributed by atoms with van der Waals surface area (Å²) in [4.78, 5) is 9.32. The van der Waals surface area contributed by atoms with Gasteiger partial charge < -0.3 is 9.47 Å². The van der Waals surface area contributed by atoms with Crippen molar-refractivity contribution < 1.29 is 19.2 Å². The molecule has 1 aromatic carbocycles. The van der Waals surface area contributed by atoms with Gasteiger partial charge in [0.2, 0.25) is 13.1 Å². The lowest BCUT2D eigenvalue weighted by Crippen LogP contribution is -1.92. The Morgan fingerprint density at radius 2 is 1.92 bits per heavy atom. The monoisotopic (exact) mass is 166 g/mol. The molecule has 62 valence electrons. The highest BCUT2D eigenvalue weighted by Gasteiger charge is 2.29. The lowest BCUT2D eigenvalue weighted by atomic mass is 10.2. The zero-order chi connectivity index (χ0) is 7.97. The van der Waals surface area contributed by atoms with E-state index in [1.807, 2.05) is 18.2 Å². The average molecular weight is 166 g/mol. The lowest BCUT2D eigenvalue weighted by Gasteiger charge is -1.95. The van der Waals surface area contributed by atoms with Gasteiger partial charge in [-0.2, -0.15) is 9.78 Å². The Morgan fingerprint density at radius 1 is 1.08 bits per heavy atom. The number of benzene rings is 1. The highest BCUT2D eigenvalue weighted by molar-refractivity contribution is 5.44. The van der Waals surface area contributed by atoms with Gasteiger partial charge in [-0.25, -0.2) is 0 Å². The van der Waals surface area contributed by atoms with Crippen LogP contribution < -0.4 is 9.47 Å². The maximum absolute atomic E-state index is 5.18. The molecule has 0 N–H and O–H groups in total. The molecule has 0 radical (unpaired) electrons. The SMILES string of the molecule is c1cc2c(cc1C1OO1)OCO2. The van der Waals surface area contributed by atoms with Crippen LogP contribution >= 0.6 is 0 Å². The van der Waals surface area contributed by atoms with Crippen LogP contribution in [0.15, 0.2) is 18.2 Å². The summed E-state index contributed by atoms with van der Waals surface area (Å²) in [5, 5.41) is 0. The van der Waals surface area contributed by atoms with Crippen LogP contribution in [-0.4, -0.2) is 6.79 Å². The van der Waals surface area contributed by atoms with Crippen molar-refractivity contribution in [2.45, 2.75) is 6.29 Å². The standard InChI is InChI=1S/C8H6O4/c1-2-6-7(10-4-9-6)3-5(1)8-11-12-8/h1-3,8H,4H2. The minimum absolute atomic E-state index is 0.209. The molecular weight excluding hydrogens is 160 g/mol. The van der Waals surface area contributed by atoms with Gasteiger partial charge in [-0.15, -0.1) is 0 Å². The summed E-state index contributed by atoms with van der Waals surface area (Å²) in [7, 11) is 0. The molecule has 1 aromatic rings. The molecule has 0 unspecified atom stereocenters. The van der Waals surface area contributed by atoms with Gasteiger partial charge in [0.05, 0.1) is 0 Å². The van der Waals surface area contributed by atoms with Crippen molar-refractivity contribution in [1.29, 1.82) is 0 Å². The third-order valence-corrected chi connectivity index (χ3v) is 1.86. The largest absolute Gasteiger partial charge is 0.454 e. The molecule has 2 heterocycles. The van der Waals surface area contributed by atoms with Crippen molar-refractivity contribution in [2.24, 2.45) is 0 Å². The van der Waals surface area contributed by atoms with E-state index < -0.39 is 0 Å². The zero-order valence-corrected chi connectivity index (χ0v) is 6.15. The molecule has 4 heteroatoms. The first-order valence-corrected chi connectivity index (χ1v) is 3.65. The van der Waals surface area contributed by atoms with Crippen molar-refractivity contribution in [2.75, 3.05) is 6.79 Å². The predicted molar refractivity (Wildman–Crippen MR) is 37.5 cm³/mol. The number of hydrogen-bond acceptors (Lipinski definition) is 4. The maximum atomic E-state index is 5.18. The Bertz CT molecular complexity index is 319. The zero-order valence-electron chi connectivity index (χ0n) is 6.15. The first-order chi connectivity index (χ1) is 5.93. The van der Waals surface area contributed by atoms with Gasteiger partial charge in [0.25, 0.3) is 0 Å². The molecule has 1 saturated heterocycles.